The molecule has 0 aliphatic carbocycles. The molecule has 0 saturated heterocycles. The number of aromatic nitrogens is 4. The third-order valence-electron chi connectivity index (χ3n) is 5.04. The molecule has 0 aliphatic heterocycles. The molecule has 2 aromatic carbocycles. The van der Waals surface area contributed by atoms with Crippen molar-refractivity contribution in [3.8, 4) is 11.5 Å². The Morgan fingerprint density at radius 2 is 1.91 bits per heavy atom. The van der Waals surface area contributed by atoms with Crippen LogP contribution in [0.1, 0.15) is 58.5 Å². The standard InChI is InChI=1S/C23H26FN5O6/c1-3-20(32)19-9-17(6-7-18(19)13(2)30)34-11-16(31)12-35-21-8-15(5-4-14(21)10-24)25-23(33)22-26-28-29-27-22/h4-9,16,20,31-32H,3,10-12H2,1-2H3,(H,25,33)(H,26,27,28,29). The number of anilines is 1. The van der Waals surface area contributed by atoms with E-state index in [2.05, 4.69) is 25.9 Å². The number of amides is 1. The minimum Gasteiger partial charge on any atom is -0.491 e. The molecule has 0 aliphatic rings. The number of ketones is 1. The van der Waals surface area contributed by atoms with Crippen LogP contribution in [0.25, 0.3) is 0 Å². The van der Waals surface area contributed by atoms with Crippen molar-refractivity contribution in [2.24, 2.45) is 0 Å². The minimum absolute atomic E-state index is 0.136. The number of ether oxygens (including phenoxy) is 2. The van der Waals surface area contributed by atoms with E-state index >= 15 is 0 Å². The van der Waals surface area contributed by atoms with Crippen molar-refractivity contribution in [1.82, 2.24) is 20.6 Å². The smallest absolute Gasteiger partial charge is 0.297 e. The van der Waals surface area contributed by atoms with Gasteiger partial charge in [0, 0.05) is 22.9 Å². The highest BCUT2D eigenvalue weighted by Crippen LogP contribution is 2.27. The molecule has 1 heterocycles. The normalized spacial score (nSPS) is 12.6. The Bertz CT molecular complexity index is 1160. The van der Waals surface area contributed by atoms with E-state index in [9.17, 15) is 24.2 Å². The highest BCUT2D eigenvalue weighted by Gasteiger charge is 2.17. The number of Topliss-reactive ketones (excluding diaryl/α,β-unsaturated/α-hetero) is 1. The molecular formula is C23H26FN5O6. The lowest BCUT2D eigenvalue weighted by molar-refractivity contribution is 0.0619. The van der Waals surface area contributed by atoms with Gasteiger partial charge < -0.3 is 25.0 Å². The molecule has 0 bridgehead atoms. The van der Waals surface area contributed by atoms with Crippen molar-refractivity contribution in [3.63, 3.8) is 0 Å². The van der Waals surface area contributed by atoms with Gasteiger partial charge in [0.05, 0.1) is 6.10 Å². The molecule has 35 heavy (non-hydrogen) atoms. The molecule has 0 saturated carbocycles. The first-order valence-corrected chi connectivity index (χ1v) is 10.8. The number of alkyl halides is 1. The summed E-state index contributed by atoms with van der Waals surface area (Å²) in [5.74, 6) is -0.453. The first-order chi connectivity index (χ1) is 16.8. The number of nitrogens with zero attached hydrogens (tertiary/aromatic N) is 3. The lowest BCUT2D eigenvalue weighted by Crippen LogP contribution is -2.25. The highest BCUT2D eigenvalue weighted by atomic mass is 19.1. The van der Waals surface area contributed by atoms with E-state index in [4.69, 9.17) is 9.47 Å². The zero-order valence-corrected chi connectivity index (χ0v) is 19.2. The third-order valence-corrected chi connectivity index (χ3v) is 5.04. The summed E-state index contributed by atoms with van der Waals surface area (Å²) in [6, 6.07) is 9.06. The first-order valence-electron chi connectivity index (χ1n) is 10.8. The number of H-pyrrole nitrogens is 1. The number of carbonyl (C=O) groups excluding carboxylic acids is 2. The second-order valence-corrected chi connectivity index (χ2v) is 7.65. The van der Waals surface area contributed by atoms with Crippen LogP contribution in [-0.4, -0.2) is 61.8 Å². The van der Waals surface area contributed by atoms with Gasteiger partial charge in [-0.3, -0.25) is 9.59 Å². The molecule has 0 fully saturated rings. The number of rotatable bonds is 12. The third kappa shape index (κ3) is 6.80. The summed E-state index contributed by atoms with van der Waals surface area (Å²) in [5.41, 5.74) is 1.40. The second-order valence-electron chi connectivity index (χ2n) is 7.65. The van der Waals surface area contributed by atoms with Crippen LogP contribution in [0.2, 0.25) is 0 Å². The second kappa shape index (κ2) is 12.0. The zero-order chi connectivity index (χ0) is 25.4. The Morgan fingerprint density at radius 1 is 1.14 bits per heavy atom. The largest absolute Gasteiger partial charge is 0.491 e. The number of hydrogen-bond donors (Lipinski definition) is 4. The summed E-state index contributed by atoms with van der Waals surface area (Å²) in [6.07, 6.45) is -1.48. The number of tetrazole rings is 1. The Kier molecular flexibility index (Phi) is 8.81. The minimum atomic E-state index is -1.08. The zero-order valence-electron chi connectivity index (χ0n) is 19.2. The van der Waals surface area contributed by atoms with Gasteiger partial charge in [-0.15, -0.1) is 10.2 Å². The van der Waals surface area contributed by atoms with Crippen LogP contribution in [0, 0.1) is 0 Å². The fourth-order valence-electron chi connectivity index (χ4n) is 3.20. The van der Waals surface area contributed by atoms with Gasteiger partial charge in [-0.05, 0) is 48.4 Å². The van der Waals surface area contributed by atoms with Crippen molar-refractivity contribution in [2.45, 2.75) is 39.2 Å². The Hall–Kier alpha value is -3.90. The maximum absolute atomic E-state index is 13.4. The van der Waals surface area contributed by atoms with Crippen molar-refractivity contribution >= 4 is 17.4 Å². The average Bonchev–Trinajstić information content (AvgIpc) is 3.41. The van der Waals surface area contributed by atoms with Crippen molar-refractivity contribution < 1.29 is 33.7 Å². The van der Waals surface area contributed by atoms with Gasteiger partial charge in [0.15, 0.2) is 5.78 Å². The van der Waals surface area contributed by atoms with E-state index < -0.39 is 24.8 Å². The highest BCUT2D eigenvalue weighted by molar-refractivity contribution is 6.01. The summed E-state index contributed by atoms with van der Waals surface area (Å²) in [7, 11) is 0. The van der Waals surface area contributed by atoms with Crippen LogP contribution in [0.4, 0.5) is 10.1 Å². The Morgan fingerprint density at radius 3 is 2.57 bits per heavy atom. The first kappa shape index (κ1) is 25.7. The van der Waals surface area contributed by atoms with Crippen molar-refractivity contribution in [3.05, 3.63) is 58.9 Å². The molecule has 12 heteroatoms. The molecule has 186 valence electrons. The number of aliphatic hydroxyl groups excluding tert-OH is 2. The maximum atomic E-state index is 13.4. The average molecular weight is 487 g/mol. The van der Waals surface area contributed by atoms with Crippen LogP contribution in [0.5, 0.6) is 11.5 Å². The predicted molar refractivity (Wildman–Crippen MR) is 122 cm³/mol. The number of hydrogen-bond acceptors (Lipinski definition) is 9. The molecule has 3 aromatic rings. The van der Waals surface area contributed by atoms with Crippen LogP contribution >= 0.6 is 0 Å². The van der Waals surface area contributed by atoms with Gasteiger partial charge in [-0.1, -0.05) is 13.0 Å². The van der Waals surface area contributed by atoms with Gasteiger partial charge in [0.1, 0.15) is 37.5 Å². The van der Waals surface area contributed by atoms with Gasteiger partial charge in [-0.25, -0.2) is 4.39 Å². The molecular weight excluding hydrogens is 461 g/mol. The monoisotopic (exact) mass is 487 g/mol. The van der Waals surface area contributed by atoms with Gasteiger partial charge in [0.25, 0.3) is 11.7 Å². The summed E-state index contributed by atoms with van der Waals surface area (Å²) < 4.78 is 24.5. The number of aliphatic hydroxyl groups is 2. The molecule has 11 nitrogen and oxygen atoms in total. The number of halogens is 1. The Labute approximate surface area is 200 Å². The van der Waals surface area contributed by atoms with Gasteiger partial charge in [-0.2, -0.15) is 5.21 Å². The molecule has 1 amide bonds. The molecule has 0 radical (unpaired) electrons. The quantitative estimate of drug-likeness (QED) is 0.281. The molecule has 1 aromatic heterocycles. The molecule has 2 atom stereocenters. The Balaban J connectivity index is 1.60. The summed E-state index contributed by atoms with van der Waals surface area (Å²) in [5, 5.41) is 35.7. The van der Waals surface area contributed by atoms with Crippen molar-refractivity contribution in [1.29, 1.82) is 0 Å². The van der Waals surface area contributed by atoms with Crippen LogP contribution in [0.15, 0.2) is 36.4 Å². The SMILES string of the molecule is CCC(O)c1cc(OCC(O)COc2cc(NC(=O)c3nn[nH]n3)ccc2CF)ccc1C(C)=O. The molecule has 4 N–H and O–H groups in total. The van der Waals surface area contributed by atoms with E-state index in [0.717, 1.165) is 0 Å². The van der Waals surface area contributed by atoms with E-state index in [1.54, 1.807) is 25.1 Å². The summed E-state index contributed by atoms with van der Waals surface area (Å²) in [6.45, 7) is 2.03. The van der Waals surface area contributed by atoms with Crippen LogP contribution in [-0.2, 0) is 6.67 Å². The number of benzene rings is 2. The van der Waals surface area contributed by atoms with Gasteiger partial charge >= 0.3 is 0 Å². The van der Waals surface area contributed by atoms with Crippen molar-refractivity contribution in [2.75, 3.05) is 18.5 Å². The predicted octanol–water partition coefficient (Wildman–Crippen LogP) is 2.39. The number of aromatic amines is 1. The van der Waals surface area contributed by atoms with E-state index in [0.29, 0.717) is 29.0 Å². The van der Waals surface area contributed by atoms with E-state index in [1.807, 2.05) is 0 Å². The lowest BCUT2D eigenvalue weighted by atomic mass is 9.98. The fourth-order valence-corrected chi connectivity index (χ4v) is 3.20. The maximum Gasteiger partial charge on any atom is 0.297 e. The van der Waals surface area contributed by atoms with Crippen LogP contribution in [0.3, 0.4) is 0 Å². The number of carbonyl (C=O) groups is 2. The summed E-state index contributed by atoms with van der Waals surface area (Å²) >= 11 is 0. The van der Waals surface area contributed by atoms with Gasteiger partial charge in [0.2, 0.25) is 0 Å². The van der Waals surface area contributed by atoms with E-state index in [1.165, 1.54) is 25.1 Å². The van der Waals surface area contributed by atoms with E-state index in [-0.39, 0.29) is 36.1 Å². The van der Waals surface area contributed by atoms with Crippen LogP contribution < -0.4 is 14.8 Å². The fraction of sp³-hybridized carbons (Fsp3) is 0.348. The molecule has 0 spiro atoms. The number of nitrogens with one attached hydrogen (secondary N) is 2. The topological polar surface area (TPSA) is 160 Å². The lowest BCUT2D eigenvalue weighted by Gasteiger charge is -2.17. The summed E-state index contributed by atoms with van der Waals surface area (Å²) in [4.78, 5) is 23.9. The molecule has 2 unspecified atom stereocenters. The molecule has 3 rings (SSSR count).